The minimum Gasteiger partial charge on any atom is -0.422 e. The molecule has 0 saturated carbocycles. The average Bonchev–Trinajstić information content (AvgIpc) is 2.62. The fourth-order valence-corrected chi connectivity index (χ4v) is 3.24. The van der Waals surface area contributed by atoms with Crippen molar-refractivity contribution in [2.45, 2.75) is 13.0 Å². The van der Waals surface area contributed by atoms with Crippen LogP contribution < -0.4 is 10.9 Å². The van der Waals surface area contributed by atoms with E-state index >= 15 is 0 Å². The smallest absolute Gasteiger partial charge is 0.349 e. The normalized spacial score (nSPS) is 17.7. The van der Waals surface area contributed by atoms with Crippen LogP contribution in [0.1, 0.15) is 17.3 Å². The highest BCUT2D eigenvalue weighted by Crippen LogP contribution is 2.25. The molecular weight excluding hydrogens is 320 g/mol. The molecule has 6 nitrogen and oxygen atoms in total. The largest absolute Gasteiger partial charge is 0.422 e. The minimum absolute atomic E-state index is 0.0506. The Hall–Kier alpha value is -3.15. The zero-order chi connectivity index (χ0) is 17.6. The van der Waals surface area contributed by atoms with Crippen molar-refractivity contribution in [2.75, 3.05) is 13.1 Å². The van der Waals surface area contributed by atoms with Gasteiger partial charge in [0.2, 0.25) is 5.91 Å². The summed E-state index contributed by atoms with van der Waals surface area (Å²) in [5, 5.41) is 5.30. The fraction of sp³-hybridized carbons (Fsp3) is 0.211. The van der Waals surface area contributed by atoms with Crippen molar-refractivity contribution in [3.63, 3.8) is 0 Å². The van der Waals surface area contributed by atoms with E-state index in [-0.39, 0.29) is 11.5 Å². The summed E-state index contributed by atoms with van der Waals surface area (Å²) in [4.78, 5) is 38.4. The van der Waals surface area contributed by atoms with Gasteiger partial charge < -0.3 is 14.6 Å². The molecule has 4 rings (SSSR count). The fourth-order valence-electron chi connectivity index (χ4n) is 3.24. The van der Waals surface area contributed by atoms with Crippen LogP contribution in [-0.4, -0.2) is 35.8 Å². The standard InChI is InChI=1S/C19H16N2O4/c1-11-17(22)20-8-9-21(11)18(23)15-10-14-13-5-3-2-4-12(13)6-7-16(14)25-19(15)24/h2-7,10-11H,8-9H2,1H3,(H,20,22). The summed E-state index contributed by atoms with van der Waals surface area (Å²) in [6.45, 7) is 2.37. The minimum atomic E-state index is -0.689. The Morgan fingerprint density at radius 2 is 1.96 bits per heavy atom. The topological polar surface area (TPSA) is 79.6 Å². The van der Waals surface area contributed by atoms with E-state index in [0.29, 0.717) is 24.1 Å². The van der Waals surface area contributed by atoms with Crippen LogP contribution in [0.4, 0.5) is 0 Å². The number of piperazine rings is 1. The Labute approximate surface area is 143 Å². The van der Waals surface area contributed by atoms with Crippen LogP contribution in [0.25, 0.3) is 21.7 Å². The number of rotatable bonds is 1. The lowest BCUT2D eigenvalue weighted by molar-refractivity contribution is -0.127. The van der Waals surface area contributed by atoms with Crippen LogP contribution in [0.3, 0.4) is 0 Å². The summed E-state index contributed by atoms with van der Waals surface area (Å²) in [6, 6.07) is 12.2. The SMILES string of the molecule is CC1C(=O)NCCN1C(=O)c1cc2c(ccc3ccccc32)oc1=O. The van der Waals surface area contributed by atoms with Gasteiger partial charge in [-0.2, -0.15) is 0 Å². The molecule has 2 heterocycles. The number of carbonyl (C=O) groups is 2. The van der Waals surface area contributed by atoms with Crippen LogP contribution in [0.2, 0.25) is 0 Å². The van der Waals surface area contributed by atoms with Gasteiger partial charge >= 0.3 is 5.63 Å². The lowest BCUT2D eigenvalue weighted by Gasteiger charge is -2.32. The molecule has 0 aliphatic carbocycles. The lowest BCUT2D eigenvalue weighted by atomic mass is 10.0. The highest BCUT2D eigenvalue weighted by atomic mass is 16.4. The zero-order valence-corrected chi connectivity index (χ0v) is 13.6. The monoisotopic (exact) mass is 336 g/mol. The van der Waals surface area contributed by atoms with E-state index in [1.807, 2.05) is 30.3 Å². The Morgan fingerprint density at radius 3 is 2.80 bits per heavy atom. The van der Waals surface area contributed by atoms with Crippen LogP contribution in [0, 0.1) is 0 Å². The molecule has 3 aromatic rings. The first-order valence-corrected chi connectivity index (χ1v) is 8.10. The molecule has 1 atom stereocenters. The number of nitrogens with zero attached hydrogens (tertiary/aromatic N) is 1. The maximum Gasteiger partial charge on any atom is 0.349 e. The molecule has 0 spiro atoms. The number of fused-ring (bicyclic) bond motifs is 3. The van der Waals surface area contributed by atoms with Gasteiger partial charge in [-0.3, -0.25) is 9.59 Å². The highest BCUT2D eigenvalue weighted by Gasteiger charge is 2.31. The summed E-state index contributed by atoms with van der Waals surface area (Å²) in [7, 11) is 0. The first kappa shape index (κ1) is 15.4. The van der Waals surface area contributed by atoms with Crippen molar-refractivity contribution in [3.05, 3.63) is 58.4 Å². The van der Waals surface area contributed by atoms with Gasteiger partial charge in [0.05, 0.1) is 0 Å². The molecule has 1 aliphatic heterocycles. The van der Waals surface area contributed by atoms with Crippen LogP contribution in [0.15, 0.2) is 51.7 Å². The molecule has 1 aromatic heterocycles. The predicted molar refractivity (Wildman–Crippen MR) is 93.5 cm³/mol. The molecule has 1 aliphatic rings. The summed E-state index contributed by atoms with van der Waals surface area (Å²) < 4.78 is 5.37. The average molecular weight is 336 g/mol. The van der Waals surface area contributed by atoms with Gasteiger partial charge in [0.1, 0.15) is 17.2 Å². The predicted octanol–water partition coefficient (Wildman–Crippen LogP) is 1.91. The molecule has 2 amide bonds. The number of hydrogen-bond acceptors (Lipinski definition) is 4. The van der Waals surface area contributed by atoms with Crippen molar-refractivity contribution in [1.29, 1.82) is 0 Å². The van der Waals surface area contributed by atoms with E-state index in [0.717, 1.165) is 10.8 Å². The van der Waals surface area contributed by atoms with Crippen LogP contribution in [0.5, 0.6) is 0 Å². The molecule has 1 N–H and O–H groups in total. The maximum atomic E-state index is 12.8. The molecule has 126 valence electrons. The number of nitrogens with one attached hydrogen (secondary N) is 1. The van der Waals surface area contributed by atoms with Crippen LogP contribution in [-0.2, 0) is 4.79 Å². The summed E-state index contributed by atoms with van der Waals surface area (Å²) >= 11 is 0. The number of hydrogen-bond donors (Lipinski definition) is 1. The second kappa shape index (κ2) is 5.73. The molecule has 25 heavy (non-hydrogen) atoms. The Balaban J connectivity index is 1.88. The number of benzene rings is 2. The summed E-state index contributed by atoms with van der Waals surface area (Å²) in [5.41, 5.74) is -0.305. The van der Waals surface area contributed by atoms with Crippen LogP contribution >= 0.6 is 0 Å². The van der Waals surface area contributed by atoms with Crippen molar-refractivity contribution in [2.24, 2.45) is 0 Å². The van der Waals surface area contributed by atoms with Crippen molar-refractivity contribution in [1.82, 2.24) is 10.2 Å². The number of carbonyl (C=O) groups excluding carboxylic acids is 2. The quantitative estimate of drug-likeness (QED) is 0.544. The molecule has 2 aromatic carbocycles. The van der Waals surface area contributed by atoms with Gasteiger partial charge in [0.25, 0.3) is 5.91 Å². The zero-order valence-electron chi connectivity index (χ0n) is 13.6. The highest BCUT2D eigenvalue weighted by molar-refractivity contribution is 6.08. The Kier molecular flexibility index (Phi) is 3.53. The van der Waals surface area contributed by atoms with E-state index in [2.05, 4.69) is 5.32 Å². The van der Waals surface area contributed by atoms with Gasteiger partial charge in [-0.1, -0.05) is 30.3 Å². The van der Waals surface area contributed by atoms with Gasteiger partial charge in [0.15, 0.2) is 0 Å². The van der Waals surface area contributed by atoms with Gasteiger partial charge in [-0.25, -0.2) is 4.79 Å². The van der Waals surface area contributed by atoms with Gasteiger partial charge in [-0.15, -0.1) is 0 Å². The first-order valence-electron chi connectivity index (χ1n) is 8.10. The van der Waals surface area contributed by atoms with Gasteiger partial charge in [-0.05, 0) is 29.8 Å². The first-order chi connectivity index (χ1) is 12.1. The molecule has 0 radical (unpaired) electrons. The molecule has 6 heteroatoms. The molecule has 1 saturated heterocycles. The van der Waals surface area contributed by atoms with Crippen molar-refractivity contribution < 1.29 is 14.0 Å². The van der Waals surface area contributed by atoms with E-state index < -0.39 is 17.6 Å². The molecule has 1 fully saturated rings. The summed E-state index contributed by atoms with van der Waals surface area (Å²) in [5.74, 6) is -0.707. The Bertz CT molecular complexity index is 1070. The van der Waals surface area contributed by atoms with E-state index in [9.17, 15) is 14.4 Å². The molecule has 0 bridgehead atoms. The third-order valence-electron chi connectivity index (χ3n) is 4.63. The Morgan fingerprint density at radius 1 is 1.16 bits per heavy atom. The number of amides is 2. The second-order valence-corrected chi connectivity index (χ2v) is 6.11. The lowest BCUT2D eigenvalue weighted by Crippen LogP contribution is -2.56. The second-order valence-electron chi connectivity index (χ2n) is 6.11. The van der Waals surface area contributed by atoms with E-state index in [1.54, 1.807) is 19.1 Å². The van der Waals surface area contributed by atoms with Gasteiger partial charge in [0, 0.05) is 18.5 Å². The maximum absolute atomic E-state index is 12.8. The third-order valence-corrected chi connectivity index (χ3v) is 4.63. The van der Waals surface area contributed by atoms with E-state index in [4.69, 9.17) is 4.42 Å². The molecular formula is C19H16N2O4. The third kappa shape index (κ3) is 2.46. The summed E-state index contributed by atoms with van der Waals surface area (Å²) in [6.07, 6.45) is 0. The molecule has 1 unspecified atom stereocenters. The van der Waals surface area contributed by atoms with Crippen molar-refractivity contribution in [3.8, 4) is 0 Å². The van der Waals surface area contributed by atoms with Crippen molar-refractivity contribution >= 4 is 33.6 Å². The van der Waals surface area contributed by atoms with E-state index in [1.165, 1.54) is 4.90 Å².